The van der Waals surface area contributed by atoms with Crippen LogP contribution in [0.4, 0.5) is 0 Å². The summed E-state index contributed by atoms with van der Waals surface area (Å²) in [7, 11) is 0. The molecule has 0 aliphatic rings. The van der Waals surface area contributed by atoms with Crippen molar-refractivity contribution in [2.75, 3.05) is 39.5 Å². The Bertz CT molecular complexity index is 474. The van der Waals surface area contributed by atoms with E-state index in [0.717, 1.165) is 24.7 Å². The van der Waals surface area contributed by atoms with Gasteiger partial charge in [0.25, 0.3) is 0 Å². The highest BCUT2D eigenvalue weighted by Gasteiger charge is 2.07. The number of hydrogen-bond donors (Lipinski definition) is 4. The van der Waals surface area contributed by atoms with E-state index in [2.05, 4.69) is 17.2 Å². The Morgan fingerprint density at radius 2 is 1.60 bits per heavy atom. The van der Waals surface area contributed by atoms with Gasteiger partial charge in [-0.15, -0.1) is 0 Å². The number of nitrogens with two attached hydrogens (primary N) is 2. The van der Waals surface area contributed by atoms with Crippen LogP contribution in [0.2, 0.25) is 0 Å². The van der Waals surface area contributed by atoms with Gasteiger partial charge < -0.3 is 36.4 Å². The normalized spacial score (nSPS) is 12.2. The molecule has 0 heterocycles. The topological polar surface area (TPSA) is 146 Å². The Labute approximate surface area is 181 Å². The summed E-state index contributed by atoms with van der Waals surface area (Å²) in [5.41, 5.74) is 12.1. The summed E-state index contributed by atoms with van der Waals surface area (Å²) < 4.78 is 10.5. The van der Waals surface area contributed by atoms with E-state index in [1.807, 2.05) is 20.8 Å². The van der Waals surface area contributed by atoms with Gasteiger partial charge in [0.2, 0.25) is 11.8 Å². The van der Waals surface area contributed by atoms with Gasteiger partial charge in [-0.25, -0.2) is 0 Å². The van der Waals surface area contributed by atoms with Crippen LogP contribution < -0.4 is 22.1 Å². The Hall–Kier alpha value is -1.81. The van der Waals surface area contributed by atoms with E-state index >= 15 is 0 Å². The molecule has 2 amide bonds. The molecular weight excluding hydrogens is 388 g/mol. The number of amides is 2. The Morgan fingerprint density at radius 1 is 0.967 bits per heavy atom. The minimum absolute atomic E-state index is 0.0308. The molecule has 0 saturated carbocycles. The predicted octanol–water partition coefficient (Wildman–Crippen LogP) is 0.658. The highest BCUT2D eigenvalue weighted by atomic mass is 16.5. The summed E-state index contributed by atoms with van der Waals surface area (Å²) in [6.07, 6.45) is 3.83. The number of ether oxygens (including phenoxy) is 2. The van der Waals surface area contributed by atoms with E-state index in [9.17, 15) is 14.4 Å². The van der Waals surface area contributed by atoms with Gasteiger partial charge in [-0.1, -0.05) is 26.0 Å². The van der Waals surface area contributed by atoms with Crippen molar-refractivity contribution in [3.63, 3.8) is 0 Å². The molecule has 0 aromatic carbocycles. The van der Waals surface area contributed by atoms with Crippen LogP contribution in [-0.4, -0.2) is 69.7 Å². The zero-order valence-electron chi connectivity index (χ0n) is 18.9. The maximum atomic E-state index is 11.6. The molecule has 0 aromatic heterocycles. The molecule has 0 spiro atoms. The Kier molecular flexibility index (Phi) is 22.2. The second-order valence-electron chi connectivity index (χ2n) is 6.65. The molecule has 0 rings (SSSR count). The van der Waals surface area contributed by atoms with Crippen molar-refractivity contribution in [3.05, 3.63) is 12.2 Å². The zero-order chi connectivity index (χ0) is 23.2. The van der Waals surface area contributed by atoms with E-state index in [1.54, 1.807) is 0 Å². The van der Waals surface area contributed by atoms with E-state index in [4.69, 9.17) is 20.9 Å². The summed E-state index contributed by atoms with van der Waals surface area (Å²) >= 11 is 0. The maximum absolute atomic E-state index is 11.6. The van der Waals surface area contributed by atoms with Gasteiger partial charge in [0.15, 0.2) is 0 Å². The minimum atomic E-state index is -0.424. The molecule has 176 valence electrons. The first kappa shape index (κ1) is 30.4. The fourth-order valence-electron chi connectivity index (χ4n) is 2.12. The van der Waals surface area contributed by atoms with Crippen LogP contribution in [0.5, 0.6) is 0 Å². The summed E-state index contributed by atoms with van der Waals surface area (Å²) in [6, 6.07) is -0.579. The predicted molar refractivity (Wildman–Crippen MR) is 119 cm³/mol. The van der Waals surface area contributed by atoms with Crippen molar-refractivity contribution >= 4 is 18.1 Å². The smallest absolute Gasteiger partial charge is 0.245 e. The molecule has 0 fully saturated rings. The third-order valence-corrected chi connectivity index (χ3v) is 3.95. The number of rotatable bonds is 18. The number of carbonyl (C=O) groups excluding carboxylic acids is 3. The van der Waals surface area contributed by atoms with Crippen LogP contribution in [0, 0.1) is 0 Å². The average molecular weight is 431 g/mol. The van der Waals surface area contributed by atoms with Crippen LogP contribution >= 0.6 is 0 Å². The number of hydrogen-bond acceptors (Lipinski definition) is 7. The van der Waals surface area contributed by atoms with Gasteiger partial charge in [-0.3, -0.25) is 9.59 Å². The summed E-state index contributed by atoms with van der Waals surface area (Å²) in [5.74, 6) is -0.263. The molecule has 30 heavy (non-hydrogen) atoms. The van der Waals surface area contributed by atoms with Crippen molar-refractivity contribution < 1.29 is 23.9 Å². The largest absolute Gasteiger partial charge is 0.377 e. The average Bonchev–Trinajstić information content (AvgIpc) is 2.74. The van der Waals surface area contributed by atoms with Crippen molar-refractivity contribution in [1.82, 2.24) is 10.6 Å². The van der Waals surface area contributed by atoms with Gasteiger partial charge in [-0.05, 0) is 32.6 Å². The number of aldehydes is 1. The Morgan fingerprint density at radius 3 is 2.23 bits per heavy atom. The van der Waals surface area contributed by atoms with Crippen molar-refractivity contribution in [2.24, 2.45) is 11.5 Å². The highest BCUT2D eigenvalue weighted by Crippen LogP contribution is 2.02. The summed E-state index contributed by atoms with van der Waals surface area (Å²) in [4.78, 5) is 33.5. The van der Waals surface area contributed by atoms with Crippen LogP contribution in [0.25, 0.3) is 0 Å². The fourth-order valence-corrected chi connectivity index (χ4v) is 2.12. The zero-order valence-corrected chi connectivity index (χ0v) is 18.9. The minimum Gasteiger partial charge on any atom is -0.377 e. The van der Waals surface area contributed by atoms with Crippen LogP contribution in [0.15, 0.2) is 12.2 Å². The quantitative estimate of drug-likeness (QED) is 0.142. The monoisotopic (exact) mass is 430 g/mol. The SMILES string of the molecule is C=C(C)[C@@H](N)CCC(=O)NCCOCCOCC(=O)NCCCCC(N)C=O.CC. The van der Waals surface area contributed by atoms with Gasteiger partial charge in [0.05, 0.1) is 25.9 Å². The van der Waals surface area contributed by atoms with Crippen molar-refractivity contribution in [1.29, 1.82) is 0 Å². The lowest BCUT2D eigenvalue weighted by Crippen LogP contribution is -2.30. The molecule has 0 aliphatic heterocycles. The van der Waals surface area contributed by atoms with E-state index in [1.165, 1.54) is 0 Å². The standard InChI is InChI=1S/C19H36N4O5.C2H6/c1-15(2)17(21)6-7-18(25)23-9-10-27-11-12-28-14-19(26)22-8-4-3-5-16(20)13-24;1-2/h13,16-17H,1,3-12,14,20-21H2,2H3,(H,22,26)(H,23,25);1-2H3/t16?,17-;/m0./s1. The summed E-state index contributed by atoms with van der Waals surface area (Å²) in [5, 5.41) is 5.48. The molecule has 6 N–H and O–H groups in total. The molecule has 9 heteroatoms. The molecule has 0 saturated heterocycles. The molecule has 0 bridgehead atoms. The van der Waals surface area contributed by atoms with E-state index in [0.29, 0.717) is 52.2 Å². The van der Waals surface area contributed by atoms with Crippen molar-refractivity contribution in [3.8, 4) is 0 Å². The van der Waals surface area contributed by atoms with Gasteiger partial charge in [0, 0.05) is 25.6 Å². The van der Waals surface area contributed by atoms with Crippen LogP contribution in [0.3, 0.4) is 0 Å². The molecule has 9 nitrogen and oxygen atoms in total. The second-order valence-corrected chi connectivity index (χ2v) is 6.65. The Balaban J connectivity index is 0. The molecule has 0 radical (unpaired) electrons. The van der Waals surface area contributed by atoms with Crippen LogP contribution in [-0.2, 0) is 23.9 Å². The molecule has 0 aliphatic carbocycles. The van der Waals surface area contributed by atoms with E-state index in [-0.39, 0.29) is 24.5 Å². The lowest BCUT2D eigenvalue weighted by Gasteiger charge is -2.11. The third-order valence-electron chi connectivity index (χ3n) is 3.95. The number of nitrogens with one attached hydrogen (secondary N) is 2. The summed E-state index contributed by atoms with van der Waals surface area (Å²) in [6.45, 7) is 11.5. The van der Waals surface area contributed by atoms with Crippen molar-refractivity contribution in [2.45, 2.75) is 65.0 Å². The first-order chi connectivity index (χ1) is 14.4. The molecule has 1 unspecified atom stereocenters. The van der Waals surface area contributed by atoms with Crippen LogP contribution in [0.1, 0.15) is 52.9 Å². The fraction of sp³-hybridized carbons (Fsp3) is 0.762. The van der Waals surface area contributed by atoms with Gasteiger partial charge in [-0.2, -0.15) is 0 Å². The van der Waals surface area contributed by atoms with Gasteiger partial charge >= 0.3 is 0 Å². The lowest BCUT2D eigenvalue weighted by molar-refractivity contribution is -0.126. The molecule has 0 aromatic rings. The molecular formula is C21H42N4O5. The highest BCUT2D eigenvalue weighted by molar-refractivity contribution is 5.77. The lowest BCUT2D eigenvalue weighted by atomic mass is 10.1. The first-order valence-electron chi connectivity index (χ1n) is 10.7. The second kappa shape index (κ2) is 21.9. The first-order valence-corrected chi connectivity index (χ1v) is 10.7. The van der Waals surface area contributed by atoms with Gasteiger partial charge in [0.1, 0.15) is 12.9 Å². The number of unbranched alkanes of at least 4 members (excludes halogenated alkanes) is 1. The van der Waals surface area contributed by atoms with E-state index < -0.39 is 6.04 Å². The number of carbonyl (C=O) groups is 3. The third kappa shape index (κ3) is 20.9. The molecule has 2 atom stereocenters. The maximum Gasteiger partial charge on any atom is 0.245 e.